The lowest BCUT2D eigenvalue weighted by Crippen LogP contribution is -2.26. The molecule has 0 saturated heterocycles. The Morgan fingerprint density at radius 2 is 2.29 bits per heavy atom. The van der Waals surface area contributed by atoms with E-state index in [1.807, 2.05) is 25.1 Å². The van der Waals surface area contributed by atoms with Gasteiger partial charge in [-0.25, -0.2) is 4.79 Å². The lowest BCUT2D eigenvalue weighted by atomic mass is 9.93. The molecule has 1 atom stereocenters. The van der Waals surface area contributed by atoms with Crippen molar-refractivity contribution in [2.75, 3.05) is 11.9 Å². The maximum atomic E-state index is 11.7. The van der Waals surface area contributed by atoms with E-state index >= 15 is 0 Å². The number of nitrogens with two attached hydrogens (primary N) is 1. The number of aryl methyl sites for hydroxylation is 1. The van der Waals surface area contributed by atoms with Gasteiger partial charge in [-0.2, -0.15) is 0 Å². The molecule has 1 aliphatic heterocycles. The highest BCUT2D eigenvalue weighted by Gasteiger charge is 2.26. The average molecular weight is 232 g/mol. The molecule has 1 aromatic carbocycles. The van der Waals surface area contributed by atoms with Crippen LogP contribution in [0.25, 0.3) is 0 Å². The summed E-state index contributed by atoms with van der Waals surface area (Å²) in [6.45, 7) is 4.13. The fourth-order valence-corrected chi connectivity index (χ4v) is 1.95. The van der Waals surface area contributed by atoms with Crippen molar-refractivity contribution in [3.05, 3.63) is 41.1 Å². The van der Waals surface area contributed by atoms with Gasteiger partial charge in [-0.1, -0.05) is 18.2 Å². The monoisotopic (exact) mass is 232 g/mol. The number of esters is 1. The van der Waals surface area contributed by atoms with Crippen LogP contribution in [0.2, 0.25) is 0 Å². The first-order valence-electron chi connectivity index (χ1n) is 5.64. The van der Waals surface area contributed by atoms with Gasteiger partial charge in [0.1, 0.15) is 0 Å². The van der Waals surface area contributed by atoms with E-state index in [2.05, 4.69) is 5.32 Å². The van der Waals surface area contributed by atoms with Crippen LogP contribution in [0.15, 0.2) is 30.0 Å². The number of para-hydroxylation sites is 1. The van der Waals surface area contributed by atoms with Crippen molar-refractivity contribution in [1.29, 1.82) is 0 Å². The summed E-state index contributed by atoms with van der Waals surface area (Å²) >= 11 is 0. The van der Waals surface area contributed by atoms with E-state index in [1.165, 1.54) is 0 Å². The first-order valence-corrected chi connectivity index (χ1v) is 5.64. The number of carbonyl (C=O) groups is 1. The molecule has 0 spiro atoms. The Morgan fingerprint density at radius 3 is 3.00 bits per heavy atom. The van der Waals surface area contributed by atoms with Crippen molar-refractivity contribution in [3.8, 4) is 0 Å². The van der Waals surface area contributed by atoms with Crippen LogP contribution in [0.5, 0.6) is 0 Å². The summed E-state index contributed by atoms with van der Waals surface area (Å²) in [5.74, 6) is -0.361. The first kappa shape index (κ1) is 11.7. The highest BCUT2D eigenvalue weighted by Crippen LogP contribution is 2.33. The number of fused-ring (bicyclic) bond motifs is 1. The predicted octanol–water partition coefficient (Wildman–Crippen LogP) is 1.87. The third-order valence-corrected chi connectivity index (χ3v) is 2.86. The smallest absolute Gasteiger partial charge is 0.337 e. The van der Waals surface area contributed by atoms with Crippen LogP contribution in [0, 0.1) is 6.92 Å². The fraction of sp³-hybridized carbons (Fsp3) is 0.308. The molecule has 3 N–H and O–H groups in total. The molecule has 0 aromatic heterocycles. The van der Waals surface area contributed by atoms with E-state index in [1.54, 1.807) is 13.1 Å². The van der Waals surface area contributed by atoms with Gasteiger partial charge in [0.05, 0.1) is 18.2 Å². The molecule has 0 bridgehead atoms. The zero-order valence-electron chi connectivity index (χ0n) is 9.99. The minimum Gasteiger partial charge on any atom is -0.463 e. The third-order valence-electron chi connectivity index (χ3n) is 2.86. The number of benzene rings is 1. The molecule has 0 radical (unpaired) electrons. The largest absolute Gasteiger partial charge is 0.463 e. The third kappa shape index (κ3) is 2.03. The number of hydrogen-bond acceptors (Lipinski definition) is 4. The first-order chi connectivity index (χ1) is 8.15. The van der Waals surface area contributed by atoms with Gasteiger partial charge in [-0.3, -0.25) is 0 Å². The molecular formula is C13H16N2O2. The molecular weight excluding hydrogens is 216 g/mol. The zero-order chi connectivity index (χ0) is 12.4. The van der Waals surface area contributed by atoms with Crippen molar-refractivity contribution >= 4 is 11.7 Å². The minimum atomic E-state index is -0.426. The quantitative estimate of drug-likeness (QED) is 0.764. The molecule has 2 rings (SSSR count). The molecule has 17 heavy (non-hydrogen) atoms. The van der Waals surface area contributed by atoms with Gasteiger partial charge in [0.25, 0.3) is 0 Å². The number of anilines is 1. The summed E-state index contributed by atoms with van der Waals surface area (Å²) in [5.41, 5.74) is 9.56. The standard InChI is InChI=1S/C13H16N2O2/c1-3-17-13(16)10-7-15-12-8(2)5-4-6-9(12)11(10)14/h4-7,11,15H,3,14H2,1-2H3/t11-/m1/s1. The van der Waals surface area contributed by atoms with E-state index < -0.39 is 6.04 Å². The van der Waals surface area contributed by atoms with E-state index in [-0.39, 0.29) is 5.97 Å². The highest BCUT2D eigenvalue weighted by atomic mass is 16.5. The summed E-state index contributed by atoms with van der Waals surface area (Å²) < 4.78 is 4.97. The molecule has 1 aromatic rings. The van der Waals surface area contributed by atoms with Gasteiger partial charge in [0.2, 0.25) is 0 Å². The summed E-state index contributed by atoms with van der Waals surface area (Å²) in [5, 5.41) is 3.11. The minimum absolute atomic E-state index is 0.351. The molecule has 4 nitrogen and oxygen atoms in total. The van der Waals surface area contributed by atoms with Crippen LogP contribution in [-0.4, -0.2) is 12.6 Å². The molecule has 0 aliphatic carbocycles. The van der Waals surface area contributed by atoms with Crippen LogP contribution >= 0.6 is 0 Å². The summed E-state index contributed by atoms with van der Waals surface area (Å²) in [6.07, 6.45) is 1.64. The second kappa shape index (κ2) is 4.59. The van der Waals surface area contributed by atoms with Gasteiger partial charge < -0.3 is 15.8 Å². The molecule has 0 saturated carbocycles. The molecule has 4 heteroatoms. The Hall–Kier alpha value is -1.81. The zero-order valence-corrected chi connectivity index (χ0v) is 9.99. The summed E-state index contributed by atoms with van der Waals surface area (Å²) in [6, 6.07) is 5.43. The van der Waals surface area contributed by atoms with Crippen LogP contribution in [0.3, 0.4) is 0 Å². The Balaban J connectivity index is 2.34. The van der Waals surface area contributed by atoms with E-state index in [0.29, 0.717) is 12.2 Å². The summed E-state index contributed by atoms with van der Waals surface area (Å²) in [4.78, 5) is 11.7. The highest BCUT2D eigenvalue weighted by molar-refractivity contribution is 5.92. The number of rotatable bonds is 2. The van der Waals surface area contributed by atoms with Gasteiger partial charge >= 0.3 is 5.97 Å². The average Bonchev–Trinajstić information content (AvgIpc) is 2.31. The molecule has 1 heterocycles. The van der Waals surface area contributed by atoms with Gasteiger partial charge in [0.15, 0.2) is 0 Å². The molecule has 90 valence electrons. The molecule has 0 amide bonds. The molecule has 0 unspecified atom stereocenters. The Bertz CT molecular complexity index is 480. The Labute approximate surface area is 100 Å². The second-order valence-corrected chi connectivity index (χ2v) is 3.98. The van der Waals surface area contributed by atoms with Crippen LogP contribution in [-0.2, 0) is 9.53 Å². The normalized spacial score (nSPS) is 17.8. The van der Waals surface area contributed by atoms with Crippen LogP contribution in [0.1, 0.15) is 24.1 Å². The topological polar surface area (TPSA) is 64.3 Å². The molecule has 0 fully saturated rings. The van der Waals surface area contributed by atoms with Crippen molar-refractivity contribution in [3.63, 3.8) is 0 Å². The van der Waals surface area contributed by atoms with E-state index in [4.69, 9.17) is 10.5 Å². The van der Waals surface area contributed by atoms with Gasteiger partial charge in [0, 0.05) is 11.9 Å². The Morgan fingerprint density at radius 1 is 1.53 bits per heavy atom. The number of ether oxygens (including phenoxy) is 1. The van der Waals surface area contributed by atoms with Crippen molar-refractivity contribution in [1.82, 2.24) is 0 Å². The summed E-state index contributed by atoms with van der Waals surface area (Å²) in [7, 11) is 0. The number of carbonyl (C=O) groups excluding carboxylic acids is 1. The Kier molecular flexibility index (Phi) is 3.15. The maximum absolute atomic E-state index is 11.7. The SMILES string of the molecule is CCOC(=O)C1=CNc2c(C)cccc2[C@H]1N. The van der Waals surface area contributed by atoms with Crippen molar-refractivity contribution in [2.24, 2.45) is 5.73 Å². The van der Waals surface area contributed by atoms with E-state index in [0.717, 1.165) is 16.8 Å². The predicted molar refractivity (Wildman–Crippen MR) is 66.4 cm³/mol. The van der Waals surface area contributed by atoms with Crippen molar-refractivity contribution < 1.29 is 9.53 Å². The maximum Gasteiger partial charge on any atom is 0.337 e. The number of hydrogen-bond donors (Lipinski definition) is 2. The lowest BCUT2D eigenvalue weighted by molar-refractivity contribution is -0.138. The second-order valence-electron chi connectivity index (χ2n) is 3.98. The van der Waals surface area contributed by atoms with Crippen LogP contribution in [0.4, 0.5) is 5.69 Å². The van der Waals surface area contributed by atoms with Crippen LogP contribution < -0.4 is 11.1 Å². The van der Waals surface area contributed by atoms with Crippen molar-refractivity contribution in [2.45, 2.75) is 19.9 Å². The lowest BCUT2D eigenvalue weighted by Gasteiger charge is -2.24. The van der Waals surface area contributed by atoms with Gasteiger partial charge in [-0.05, 0) is 25.0 Å². The fourth-order valence-electron chi connectivity index (χ4n) is 1.95. The van der Waals surface area contributed by atoms with E-state index in [9.17, 15) is 4.79 Å². The van der Waals surface area contributed by atoms with Gasteiger partial charge in [-0.15, -0.1) is 0 Å². The number of nitrogens with one attached hydrogen (secondary N) is 1. The molecule has 1 aliphatic rings.